The third kappa shape index (κ3) is 7.97. The van der Waals surface area contributed by atoms with Crippen LogP contribution in [0.1, 0.15) is 91.5 Å². The van der Waals surface area contributed by atoms with Gasteiger partial charge in [0.1, 0.15) is 11.7 Å². The summed E-state index contributed by atoms with van der Waals surface area (Å²) in [4.78, 5) is 33.8. The van der Waals surface area contributed by atoms with Gasteiger partial charge in [-0.15, -0.1) is 0 Å². The van der Waals surface area contributed by atoms with Crippen molar-refractivity contribution in [1.82, 2.24) is 14.5 Å². The van der Waals surface area contributed by atoms with Crippen molar-refractivity contribution in [2.75, 3.05) is 44.3 Å². The first-order valence-corrected chi connectivity index (χ1v) is 17.0. The van der Waals surface area contributed by atoms with Gasteiger partial charge in [-0.1, -0.05) is 13.0 Å². The molecule has 0 bridgehead atoms. The summed E-state index contributed by atoms with van der Waals surface area (Å²) in [6, 6.07) is 10.5. The molecule has 3 unspecified atom stereocenters. The molecule has 2 aliphatic rings. The quantitative estimate of drug-likeness (QED) is 0.216. The van der Waals surface area contributed by atoms with E-state index < -0.39 is 24.0 Å². The number of imidazole rings is 1. The summed E-state index contributed by atoms with van der Waals surface area (Å²) in [5, 5.41) is 19.3. The number of hydrogen-bond donors (Lipinski definition) is 2. The Morgan fingerprint density at radius 1 is 1.12 bits per heavy atom. The molecule has 1 amide bonds. The molecule has 0 radical (unpaired) electrons. The molecule has 3 atom stereocenters. The summed E-state index contributed by atoms with van der Waals surface area (Å²) in [6.45, 7) is 11.5. The smallest absolute Gasteiger partial charge is 0.335 e. The molecule has 48 heavy (non-hydrogen) atoms. The van der Waals surface area contributed by atoms with E-state index in [1.807, 2.05) is 49.6 Å². The number of aliphatic hydroxyl groups excluding tert-OH is 1. The lowest BCUT2D eigenvalue weighted by Gasteiger charge is -2.31. The Bertz CT molecular complexity index is 1680. The van der Waals surface area contributed by atoms with Crippen LogP contribution in [0.2, 0.25) is 0 Å². The normalized spacial score (nSPS) is 18.2. The van der Waals surface area contributed by atoms with E-state index in [4.69, 9.17) is 14.5 Å². The number of allylic oxidation sites excluding steroid dienone is 3. The topological polar surface area (TPSA) is 117 Å². The van der Waals surface area contributed by atoms with Crippen LogP contribution >= 0.6 is 0 Å². The zero-order chi connectivity index (χ0) is 34.4. The third-order valence-corrected chi connectivity index (χ3v) is 9.21. The Labute approximate surface area is 281 Å². The van der Waals surface area contributed by atoms with E-state index in [1.165, 1.54) is 12.1 Å². The molecule has 0 spiro atoms. The lowest BCUT2D eigenvalue weighted by Crippen LogP contribution is -2.37. The fourth-order valence-corrected chi connectivity index (χ4v) is 6.28. The molecule has 0 saturated carbocycles. The van der Waals surface area contributed by atoms with Crippen molar-refractivity contribution in [1.29, 1.82) is 0 Å². The van der Waals surface area contributed by atoms with E-state index in [0.717, 1.165) is 23.2 Å². The number of carbonyl (C=O) groups is 2. The molecule has 2 heterocycles. The van der Waals surface area contributed by atoms with E-state index in [0.29, 0.717) is 81.1 Å². The monoisotopic (exact) mass is 662 g/mol. The predicted octanol–water partition coefficient (Wildman–Crippen LogP) is 6.39. The van der Waals surface area contributed by atoms with Crippen LogP contribution in [-0.4, -0.2) is 88.1 Å². The van der Waals surface area contributed by atoms with Gasteiger partial charge in [-0.3, -0.25) is 4.79 Å². The molecule has 10 nitrogen and oxygen atoms in total. The number of aromatic carboxylic acids is 1. The number of aromatic nitrogens is 2. The van der Waals surface area contributed by atoms with Gasteiger partial charge in [0.15, 0.2) is 0 Å². The van der Waals surface area contributed by atoms with Gasteiger partial charge in [-0.2, -0.15) is 0 Å². The molecule has 5 rings (SSSR count). The summed E-state index contributed by atoms with van der Waals surface area (Å²) < 4.78 is 30.1. The Morgan fingerprint density at radius 3 is 2.56 bits per heavy atom. The van der Waals surface area contributed by atoms with Crippen molar-refractivity contribution in [2.45, 2.75) is 78.2 Å². The highest BCUT2D eigenvalue weighted by molar-refractivity contribution is 5.95. The van der Waals surface area contributed by atoms with Gasteiger partial charge in [-0.05, 0) is 88.9 Å². The molecule has 1 aromatic heterocycles. The molecule has 11 heteroatoms. The number of ether oxygens (including phenoxy) is 2. The number of benzene rings is 2. The number of fused-ring (bicyclic) bond motifs is 1. The number of carboxylic acid groups (broad SMARTS) is 1. The summed E-state index contributed by atoms with van der Waals surface area (Å²) in [6.07, 6.45) is 4.71. The van der Waals surface area contributed by atoms with Gasteiger partial charge in [0.25, 0.3) is 5.91 Å². The molecular weight excluding hydrogens is 615 g/mol. The number of halogens is 1. The van der Waals surface area contributed by atoms with E-state index in [9.17, 15) is 19.8 Å². The number of anilines is 1. The standard InChI is InChI=1S/C37H47FN4O6/c1-5-24(3)42-34-13-11-27(37(45)46)21-32(34)39-35(42)30-9-7-8-29(22-31(30)38)48-23-28-20-26(36(44)40(6-2)15-14-25(4)43)10-12-33(28)41-16-18-47-19-17-41/h9-13,20-22,24-25,29,43H,5-8,14-19,23H2,1-4H3,(H,45,46). The first-order chi connectivity index (χ1) is 23.1. The maximum atomic E-state index is 16.1. The molecule has 1 aliphatic heterocycles. The lowest BCUT2D eigenvalue weighted by atomic mass is 10.1. The minimum Gasteiger partial charge on any atom is -0.478 e. The Balaban J connectivity index is 1.40. The van der Waals surface area contributed by atoms with Gasteiger partial charge < -0.3 is 34.1 Å². The number of rotatable bonds is 13. The van der Waals surface area contributed by atoms with Crippen LogP contribution in [-0.2, 0) is 16.1 Å². The van der Waals surface area contributed by atoms with E-state index in [2.05, 4.69) is 4.90 Å². The maximum absolute atomic E-state index is 16.1. The number of morpholine rings is 1. The van der Waals surface area contributed by atoms with Crippen molar-refractivity contribution in [3.8, 4) is 0 Å². The number of hydrogen-bond acceptors (Lipinski definition) is 7. The fraction of sp³-hybridized carbons (Fsp3) is 0.486. The first kappa shape index (κ1) is 35.3. The van der Waals surface area contributed by atoms with E-state index >= 15 is 4.39 Å². The number of amides is 1. The van der Waals surface area contributed by atoms with Crippen LogP contribution in [0.4, 0.5) is 10.1 Å². The zero-order valence-corrected chi connectivity index (χ0v) is 28.3. The lowest BCUT2D eigenvalue weighted by molar-refractivity contribution is 0.0661. The second-order valence-corrected chi connectivity index (χ2v) is 12.6. The van der Waals surface area contributed by atoms with Crippen LogP contribution in [0.3, 0.4) is 0 Å². The highest BCUT2D eigenvalue weighted by Gasteiger charge is 2.25. The summed E-state index contributed by atoms with van der Waals surface area (Å²) in [5.74, 6) is -1.12. The van der Waals surface area contributed by atoms with E-state index in [-0.39, 0.29) is 24.1 Å². The van der Waals surface area contributed by atoms with Crippen LogP contribution in [0.25, 0.3) is 16.6 Å². The molecule has 1 saturated heterocycles. The maximum Gasteiger partial charge on any atom is 0.335 e. The molecule has 2 aromatic carbocycles. The average molecular weight is 663 g/mol. The Morgan fingerprint density at radius 2 is 1.88 bits per heavy atom. The molecular formula is C37H47FN4O6. The van der Waals surface area contributed by atoms with Crippen molar-refractivity contribution in [2.24, 2.45) is 0 Å². The van der Waals surface area contributed by atoms with Gasteiger partial charge in [0.05, 0.1) is 48.6 Å². The third-order valence-electron chi connectivity index (χ3n) is 9.21. The summed E-state index contributed by atoms with van der Waals surface area (Å²) >= 11 is 0. The number of carbonyl (C=O) groups excluding carboxylic acids is 1. The summed E-state index contributed by atoms with van der Waals surface area (Å²) in [5.41, 5.74) is 4.11. The van der Waals surface area contributed by atoms with Crippen LogP contribution in [0, 0.1) is 0 Å². The summed E-state index contributed by atoms with van der Waals surface area (Å²) in [7, 11) is 0. The molecule has 3 aromatic rings. The van der Waals surface area contributed by atoms with Crippen LogP contribution in [0.15, 0.2) is 54.4 Å². The minimum absolute atomic E-state index is 0.00828. The molecule has 2 N–H and O–H groups in total. The SMILES string of the molecule is CCC(C)n1c(C2=CCCC(OCc3cc(C(=O)N(CC)CCC(C)O)ccc3N3CCOCC3)C=C2F)nc2cc(C(=O)O)ccc21. The Kier molecular flexibility index (Phi) is 11.7. The fourth-order valence-electron chi connectivity index (χ4n) is 6.28. The predicted molar refractivity (Wildman–Crippen MR) is 184 cm³/mol. The highest BCUT2D eigenvalue weighted by atomic mass is 19.1. The second-order valence-electron chi connectivity index (χ2n) is 12.6. The van der Waals surface area contributed by atoms with Crippen molar-refractivity contribution in [3.63, 3.8) is 0 Å². The van der Waals surface area contributed by atoms with Crippen molar-refractivity contribution < 1.29 is 33.7 Å². The van der Waals surface area contributed by atoms with Gasteiger partial charge >= 0.3 is 5.97 Å². The molecule has 1 fully saturated rings. The first-order valence-electron chi connectivity index (χ1n) is 17.0. The number of nitrogens with zero attached hydrogens (tertiary/aromatic N) is 4. The minimum atomic E-state index is -1.04. The molecule has 1 aliphatic carbocycles. The number of aliphatic hydroxyl groups is 1. The number of carboxylic acids is 1. The van der Waals surface area contributed by atoms with E-state index in [1.54, 1.807) is 24.0 Å². The highest BCUT2D eigenvalue weighted by Crippen LogP contribution is 2.35. The average Bonchev–Trinajstić information content (AvgIpc) is 3.36. The Hall–Kier alpha value is -4.06. The largest absolute Gasteiger partial charge is 0.478 e. The van der Waals surface area contributed by atoms with Crippen LogP contribution < -0.4 is 4.90 Å². The molecule has 258 valence electrons. The second kappa shape index (κ2) is 15.9. The van der Waals surface area contributed by atoms with Gasteiger partial charge in [-0.25, -0.2) is 14.2 Å². The van der Waals surface area contributed by atoms with Crippen LogP contribution in [0.5, 0.6) is 0 Å². The van der Waals surface area contributed by atoms with Crippen molar-refractivity contribution >= 4 is 34.2 Å². The zero-order valence-electron chi connectivity index (χ0n) is 28.3. The van der Waals surface area contributed by atoms with Crippen molar-refractivity contribution in [3.05, 3.63) is 76.9 Å². The van der Waals surface area contributed by atoms with Gasteiger partial charge in [0, 0.05) is 54.6 Å². The van der Waals surface area contributed by atoms with Gasteiger partial charge in [0.2, 0.25) is 0 Å².